The maximum absolute atomic E-state index is 13.2. The predicted molar refractivity (Wildman–Crippen MR) is 110 cm³/mol. The van der Waals surface area contributed by atoms with Gasteiger partial charge in [0, 0.05) is 6.04 Å². The Kier molecular flexibility index (Phi) is 7.50. The van der Waals surface area contributed by atoms with Gasteiger partial charge < -0.3 is 10.4 Å². The zero-order chi connectivity index (χ0) is 21.6. The number of nitrogens with one attached hydrogen (secondary N) is 1. The zero-order valence-electron chi connectivity index (χ0n) is 16.7. The molecular formula is C23H27F3N2O2. The molecule has 7 heteroatoms. The second-order valence-electron chi connectivity index (χ2n) is 7.73. The van der Waals surface area contributed by atoms with Crippen LogP contribution in [-0.2, 0) is 11.0 Å². The van der Waals surface area contributed by atoms with Crippen molar-refractivity contribution in [3.05, 3.63) is 65.7 Å². The third-order valence-electron chi connectivity index (χ3n) is 5.53. The standard InChI is InChI=1S/C23H27F3N2O2/c24-23(25,26)19-12-6-7-13-20(19)27-22(30)16-28-14-8-2-5-11-18(28)15-21(29)17-9-3-1-4-10-17/h1,3-4,6-7,9-10,12-13,18,21,29H,2,5,8,11,14-16H2,(H,27,30)/t18-,21+/m1/s1. The van der Waals surface area contributed by atoms with Gasteiger partial charge in [0.1, 0.15) is 0 Å². The number of hydrogen-bond donors (Lipinski definition) is 2. The quantitative estimate of drug-likeness (QED) is 0.691. The number of alkyl halides is 3. The Morgan fingerprint density at radius 3 is 2.50 bits per heavy atom. The average molecular weight is 420 g/mol. The number of rotatable bonds is 6. The number of para-hydroxylation sites is 1. The van der Waals surface area contributed by atoms with Crippen LogP contribution in [0.1, 0.15) is 49.3 Å². The SMILES string of the molecule is O=C(CN1CCCCC[C@@H]1C[C@H](O)c1ccccc1)Nc1ccccc1C(F)(F)F. The minimum absolute atomic E-state index is 0.00162. The van der Waals surface area contributed by atoms with Crippen LogP contribution in [0.4, 0.5) is 18.9 Å². The molecule has 1 aliphatic heterocycles. The number of amides is 1. The van der Waals surface area contributed by atoms with Gasteiger partial charge >= 0.3 is 6.18 Å². The van der Waals surface area contributed by atoms with Crippen LogP contribution in [0.2, 0.25) is 0 Å². The van der Waals surface area contributed by atoms with Gasteiger partial charge in [-0.3, -0.25) is 9.69 Å². The molecule has 2 N–H and O–H groups in total. The van der Waals surface area contributed by atoms with E-state index in [4.69, 9.17) is 0 Å². The first-order valence-electron chi connectivity index (χ1n) is 10.3. The fourth-order valence-electron chi connectivity index (χ4n) is 3.99. The predicted octanol–water partition coefficient (Wildman–Crippen LogP) is 5.01. The minimum Gasteiger partial charge on any atom is -0.388 e. The Bertz CT molecular complexity index is 827. The Hall–Kier alpha value is -2.38. The number of anilines is 1. The van der Waals surface area contributed by atoms with Gasteiger partial charge in [-0.25, -0.2) is 0 Å². The van der Waals surface area contributed by atoms with Gasteiger partial charge in [-0.2, -0.15) is 13.2 Å². The van der Waals surface area contributed by atoms with Crippen molar-refractivity contribution in [2.24, 2.45) is 0 Å². The van der Waals surface area contributed by atoms with Crippen molar-refractivity contribution < 1.29 is 23.1 Å². The molecule has 0 aliphatic carbocycles. The van der Waals surface area contributed by atoms with E-state index in [1.165, 1.54) is 18.2 Å². The van der Waals surface area contributed by atoms with Crippen LogP contribution in [0.3, 0.4) is 0 Å². The first-order valence-corrected chi connectivity index (χ1v) is 10.3. The molecule has 0 aromatic heterocycles. The van der Waals surface area contributed by atoms with Crippen molar-refractivity contribution in [1.29, 1.82) is 0 Å². The van der Waals surface area contributed by atoms with E-state index >= 15 is 0 Å². The van der Waals surface area contributed by atoms with Crippen LogP contribution in [0, 0.1) is 0 Å². The number of aliphatic hydroxyl groups excluding tert-OH is 1. The summed E-state index contributed by atoms with van der Waals surface area (Å²) in [4.78, 5) is 14.6. The summed E-state index contributed by atoms with van der Waals surface area (Å²) in [6.07, 6.45) is -0.897. The molecule has 1 saturated heterocycles. The molecule has 1 aliphatic rings. The minimum atomic E-state index is -4.53. The molecule has 0 spiro atoms. The van der Waals surface area contributed by atoms with Crippen LogP contribution in [0.5, 0.6) is 0 Å². The highest BCUT2D eigenvalue weighted by atomic mass is 19.4. The number of hydrogen-bond acceptors (Lipinski definition) is 3. The summed E-state index contributed by atoms with van der Waals surface area (Å²) < 4.78 is 39.6. The second-order valence-corrected chi connectivity index (χ2v) is 7.73. The lowest BCUT2D eigenvalue weighted by atomic mass is 9.98. The van der Waals surface area contributed by atoms with Gasteiger partial charge in [0.25, 0.3) is 0 Å². The topological polar surface area (TPSA) is 52.6 Å². The van der Waals surface area contributed by atoms with E-state index in [0.717, 1.165) is 37.3 Å². The first-order chi connectivity index (χ1) is 14.3. The van der Waals surface area contributed by atoms with Crippen LogP contribution < -0.4 is 5.32 Å². The molecular weight excluding hydrogens is 393 g/mol. The Morgan fingerprint density at radius 2 is 1.77 bits per heavy atom. The molecule has 4 nitrogen and oxygen atoms in total. The van der Waals surface area contributed by atoms with Gasteiger partial charge in [0.15, 0.2) is 0 Å². The monoisotopic (exact) mass is 420 g/mol. The van der Waals surface area contributed by atoms with Gasteiger partial charge in [-0.05, 0) is 43.5 Å². The number of nitrogens with zero attached hydrogens (tertiary/aromatic N) is 1. The summed E-state index contributed by atoms with van der Waals surface area (Å²) in [5, 5.41) is 13.1. The van der Waals surface area contributed by atoms with E-state index in [9.17, 15) is 23.1 Å². The number of benzene rings is 2. The molecule has 2 aromatic rings. The fraction of sp³-hybridized carbons (Fsp3) is 0.435. The molecule has 0 unspecified atom stereocenters. The average Bonchev–Trinajstić information content (AvgIpc) is 2.93. The van der Waals surface area contributed by atoms with Crippen LogP contribution in [-0.4, -0.2) is 35.0 Å². The van der Waals surface area contributed by atoms with Crippen molar-refractivity contribution in [1.82, 2.24) is 4.90 Å². The first kappa shape index (κ1) is 22.3. The summed E-state index contributed by atoms with van der Waals surface area (Å²) in [5.74, 6) is -0.479. The molecule has 1 heterocycles. The van der Waals surface area contributed by atoms with E-state index in [-0.39, 0.29) is 18.3 Å². The van der Waals surface area contributed by atoms with Crippen molar-refractivity contribution in [3.63, 3.8) is 0 Å². The lowest BCUT2D eigenvalue weighted by Gasteiger charge is -2.31. The molecule has 162 valence electrons. The number of carbonyl (C=O) groups is 1. The molecule has 3 rings (SSSR count). The Balaban J connectivity index is 1.67. The van der Waals surface area contributed by atoms with E-state index < -0.39 is 23.8 Å². The molecule has 2 atom stereocenters. The highest BCUT2D eigenvalue weighted by Crippen LogP contribution is 2.34. The van der Waals surface area contributed by atoms with E-state index in [1.54, 1.807) is 0 Å². The lowest BCUT2D eigenvalue weighted by Crippen LogP contribution is -2.41. The lowest BCUT2D eigenvalue weighted by molar-refractivity contribution is -0.137. The van der Waals surface area contributed by atoms with Crippen molar-refractivity contribution in [3.8, 4) is 0 Å². The third-order valence-corrected chi connectivity index (χ3v) is 5.53. The maximum atomic E-state index is 13.2. The summed E-state index contributed by atoms with van der Waals surface area (Å²) in [7, 11) is 0. The molecule has 1 fully saturated rings. The van der Waals surface area contributed by atoms with Crippen molar-refractivity contribution in [2.45, 2.75) is 50.4 Å². The van der Waals surface area contributed by atoms with Gasteiger partial charge in [0.05, 0.1) is 23.9 Å². The van der Waals surface area contributed by atoms with E-state index in [2.05, 4.69) is 5.32 Å². The second kappa shape index (κ2) is 10.1. The van der Waals surface area contributed by atoms with Crippen molar-refractivity contribution >= 4 is 11.6 Å². The Labute approximate surface area is 174 Å². The molecule has 30 heavy (non-hydrogen) atoms. The molecule has 2 aromatic carbocycles. The summed E-state index contributed by atoms with van der Waals surface area (Å²) in [6.45, 7) is 0.679. The van der Waals surface area contributed by atoms with E-state index in [0.29, 0.717) is 13.0 Å². The Morgan fingerprint density at radius 1 is 1.07 bits per heavy atom. The van der Waals surface area contributed by atoms with Crippen LogP contribution in [0.15, 0.2) is 54.6 Å². The number of halogens is 3. The summed E-state index contributed by atoms with van der Waals surface area (Å²) in [5.41, 5.74) is -0.263. The van der Waals surface area contributed by atoms with Gasteiger partial charge in [0.2, 0.25) is 5.91 Å². The van der Waals surface area contributed by atoms with E-state index in [1.807, 2.05) is 35.2 Å². The highest BCUT2D eigenvalue weighted by molar-refractivity contribution is 5.93. The number of likely N-dealkylation sites (tertiary alicyclic amines) is 1. The molecule has 0 radical (unpaired) electrons. The summed E-state index contributed by atoms with van der Waals surface area (Å²) in [6, 6.07) is 14.3. The number of aliphatic hydroxyl groups is 1. The zero-order valence-corrected chi connectivity index (χ0v) is 16.7. The molecule has 0 saturated carbocycles. The smallest absolute Gasteiger partial charge is 0.388 e. The molecule has 1 amide bonds. The number of carbonyl (C=O) groups excluding carboxylic acids is 1. The highest BCUT2D eigenvalue weighted by Gasteiger charge is 2.34. The fourth-order valence-corrected chi connectivity index (χ4v) is 3.99. The van der Waals surface area contributed by atoms with Gasteiger partial charge in [-0.1, -0.05) is 55.3 Å². The largest absolute Gasteiger partial charge is 0.418 e. The van der Waals surface area contributed by atoms with Crippen LogP contribution in [0.25, 0.3) is 0 Å². The molecule has 0 bridgehead atoms. The van der Waals surface area contributed by atoms with Crippen molar-refractivity contribution in [2.75, 3.05) is 18.4 Å². The third kappa shape index (κ3) is 6.06. The maximum Gasteiger partial charge on any atom is 0.418 e. The summed E-state index contributed by atoms with van der Waals surface area (Å²) >= 11 is 0. The van der Waals surface area contributed by atoms with Gasteiger partial charge in [-0.15, -0.1) is 0 Å². The van der Waals surface area contributed by atoms with Crippen LogP contribution >= 0.6 is 0 Å². The normalized spacial score (nSPS) is 19.1.